The molecule has 0 fully saturated rings. The third-order valence-corrected chi connectivity index (χ3v) is 8.44. The quantitative estimate of drug-likeness (QED) is 0.143. The number of ketones is 1. The Balaban J connectivity index is 1.48. The number of carbonyl (C=O) groups excluding carboxylic acids is 4. The number of nitrogens with two attached hydrogens (primary N) is 1. The highest BCUT2D eigenvalue weighted by Gasteiger charge is 2.28. The zero-order chi connectivity index (χ0) is 34.4. The molecule has 0 aliphatic carbocycles. The number of hydrogen-bond donors (Lipinski definition) is 3. The topological polar surface area (TPSA) is 176 Å². The molecule has 0 bridgehead atoms. The van der Waals surface area contributed by atoms with E-state index in [1.165, 1.54) is 18.2 Å². The normalized spacial score (nSPS) is 11.6. The second-order valence-electron chi connectivity index (χ2n) is 11.7. The van der Waals surface area contributed by atoms with Gasteiger partial charge < -0.3 is 25.1 Å². The van der Waals surface area contributed by atoms with Crippen molar-refractivity contribution in [2.45, 2.75) is 57.6 Å². The average Bonchev–Trinajstić information content (AvgIpc) is 3.32. The van der Waals surface area contributed by atoms with E-state index >= 15 is 0 Å². The summed E-state index contributed by atoms with van der Waals surface area (Å²) in [5, 5.41) is 2.94. The van der Waals surface area contributed by atoms with Crippen molar-refractivity contribution in [2.24, 2.45) is 5.73 Å². The number of aromatic nitrogens is 1. The standard InChI is InChI=1S/C34H38N4O8S/c1-5-25-30(31(40)32(35)41)29-26(38(25)20-23-10-7-6-8-11-23)12-9-13-27(29)45-21-28(39)37-47(43,44)24-16-14-22(15-17-24)18-19-36-33(42)46-34(2,3)4/h6-17H,5,18-21H2,1-4H3,(H2,35,41)(H,36,42)(H,37,39). The van der Waals surface area contributed by atoms with E-state index in [-0.39, 0.29) is 22.8 Å². The van der Waals surface area contributed by atoms with Gasteiger partial charge in [-0.25, -0.2) is 17.9 Å². The van der Waals surface area contributed by atoms with E-state index in [2.05, 4.69) is 5.32 Å². The highest BCUT2D eigenvalue weighted by Crippen LogP contribution is 2.35. The number of hydrogen-bond acceptors (Lipinski definition) is 8. The van der Waals surface area contributed by atoms with Crippen LogP contribution in [-0.2, 0) is 43.7 Å². The lowest BCUT2D eigenvalue weighted by Gasteiger charge is -2.19. The van der Waals surface area contributed by atoms with Crippen LogP contribution in [0.15, 0.2) is 77.7 Å². The van der Waals surface area contributed by atoms with Gasteiger partial charge in [0.05, 0.1) is 21.4 Å². The number of primary amides is 1. The van der Waals surface area contributed by atoms with Gasteiger partial charge in [0.2, 0.25) is 0 Å². The summed E-state index contributed by atoms with van der Waals surface area (Å²) in [6, 6.07) is 20.4. The molecule has 4 N–H and O–H groups in total. The fourth-order valence-corrected chi connectivity index (χ4v) is 6.03. The summed E-state index contributed by atoms with van der Waals surface area (Å²) in [6.07, 6.45) is 0.273. The molecule has 0 radical (unpaired) electrons. The van der Waals surface area contributed by atoms with Crippen LogP contribution >= 0.6 is 0 Å². The molecule has 1 aromatic heterocycles. The number of carbonyl (C=O) groups is 4. The smallest absolute Gasteiger partial charge is 0.407 e. The van der Waals surface area contributed by atoms with Crippen molar-refractivity contribution in [1.29, 1.82) is 0 Å². The molecule has 0 spiro atoms. The van der Waals surface area contributed by atoms with E-state index in [4.69, 9.17) is 15.2 Å². The van der Waals surface area contributed by atoms with Crippen LogP contribution in [-0.4, -0.2) is 55.4 Å². The van der Waals surface area contributed by atoms with Gasteiger partial charge >= 0.3 is 6.09 Å². The number of benzene rings is 3. The molecular weight excluding hydrogens is 624 g/mol. The SMILES string of the molecule is CCc1c(C(=O)C(N)=O)c2c(OCC(=O)NS(=O)(=O)c3ccc(CCNC(=O)OC(C)(C)C)cc3)cccc2n1Cc1ccccc1. The molecule has 3 aromatic carbocycles. The zero-order valence-electron chi connectivity index (χ0n) is 26.7. The van der Waals surface area contributed by atoms with Crippen molar-refractivity contribution in [3.63, 3.8) is 0 Å². The van der Waals surface area contributed by atoms with Crippen LogP contribution in [0, 0.1) is 0 Å². The van der Waals surface area contributed by atoms with Crippen molar-refractivity contribution < 1.29 is 37.1 Å². The van der Waals surface area contributed by atoms with Crippen molar-refractivity contribution >= 4 is 44.6 Å². The number of rotatable bonds is 13. The van der Waals surface area contributed by atoms with Gasteiger partial charge in [0.1, 0.15) is 11.4 Å². The lowest BCUT2D eigenvalue weighted by Crippen LogP contribution is -2.34. The predicted octanol–water partition coefficient (Wildman–Crippen LogP) is 3.87. The molecule has 13 heteroatoms. The van der Waals surface area contributed by atoms with E-state index in [1.807, 2.05) is 46.5 Å². The molecule has 0 unspecified atom stereocenters. The van der Waals surface area contributed by atoms with Crippen LogP contribution in [0.1, 0.15) is 54.9 Å². The van der Waals surface area contributed by atoms with E-state index < -0.39 is 45.9 Å². The number of ether oxygens (including phenoxy) is 2. The Morgan fingerprint density at radius 1 is 0.894 bits per heavy atom. The molecule has 1 heterocycles. The second-order valence-corrected chi connectivity index (χ2v) is 13.4. The Kier molecular flexibility index (Phi) is 10.7. The van der Waals surface area contributed by atoms with Gasteiger partial charge in [-0.1, -0.05) is 55.5 Å². The number of sulfonamides is 1. The fourth-order valence-electron chi connectivity index (χ4n) is 5.06. The number of amides is 3. The largest absolute Gasteiger partial charge is 0.483 e. The number of Topliss-reactive ketones (excluding diaryl/α,β-unsaturated/α-hetero) is 1. The molecule has 0 atom stereocenters. The first kappa shape index (κ1) is 34.7. The van der Waals surface area contributed by atoms with Gasteiger partial charge in [0, 0.05) is 18.8 Å². The highest BCUT2D eigenvalue weighted by molar-refractivity contribution is 7.90. The van der Waals surface area contributed by atoms with Crippen molar-refractivity contribution in [2.75, 3.05) is 13.2 Å². The minimum Gasteiger partial charge on any atom is -0.483 e. The van der Waals surface area contributed by atoms with E-state index in [0.29, 0.717) is 36.0 Å². The number of alkyl carbamates (subject to hydrolysis) is 1. The van der Waals surface area contributed by atoms with Crippen LogP contribution in [0.2, 0.25) is 0 Å². The Morgan fingerprint density at radius 3 is 2.19 bits per heavy atom. The first-order valence-corrected chi connectivity index (χ1v) is 16.4. The molecule has 248 valence electrons. The number of nitrogens with zero attached hydrogens (tertiary/aromatic N) is 1. The molecule has 0 saturated carbocycles. The van der Waals surface area contributed by atoms with Crippen LogP contribution in [0.4, 0.5) is 4.79 Å². The minimum atomic E-state index is -4.24. The summed E-state index contributed by atoms with van der Waals surface area (Å²) in [7, 11) is -4.24. The van der Waals surface area contributed by atoms with Gasteiger partial charge in [-0.05, 0) is 69.0 Å². The summed E-state index contributed by atoms with van der Waals surface area (Å²) >= 11 is 0. The highest BCUT2D eigenvalue weighted by atomic mass is 32.2. The first-order valence-electron chi connectivity index (χ1n) is 15.0. The average molecular weight is 663 g/mol. The lowest BCUT2D eigenvalue weighted by atomic mass is 10.0. The molecular formula is C34H38N4O8S. The summed E-state index contributed by atoms with van der Waals surface area (Å²) in [4.78, 5) is 49.6. The molecule has 4 rings (SSSR count). The summed E-state index contributed by atoms with van der Waals surface area (Å²) < 4.78 is 40.7. The van der Waals surface area contributed by atoms with E-state index in [1.54, 1.807) is 45.0 Å². The first-order chi connectivity index (χ1) is 22.2. The monoisotopic (exact) mass is 662 g/mol. The number of fused-ring (bicyclic) bond motifs is 1. The maximum atomic E-state index is 13.1. The molecule has 12 nitrogen and oxygen atoms in total. The van der Waals surface area contributed by atoms with Crippen molar-refractivity contribution in [3.05, 3.63) is 95.2 Å². The molecule has 47 heavy (non-hydrogen) atoms. The maximum Gasteiger partial charge on any atom is 0.407 e. The van der Waals surface area contributed by atoms with Crippen LogP contribution in [0.3, 0.4) is 0 Å². The summed E-state index contributed by atoms with van der Waals surface area (Å²) in [5.41, 5.74) is 7.74. The fraction of sp³-hybridized carbons (Fsp3) is 0.294. The molecule has 0 aliphatic heterocycles. The summed E-state index contributed by atoms with van der Waals surface area (Å²) in [5.74, 6) is -2.87. The Bertz CT molecular complexity index is 1890. The Labute approximate surface area is 273 Å². The molecule has 3 amide bonds. The van der Waals surface area contributed by atoms with E-state index in [0.717, 1.165) is 11.1 Å². The van der Waals surface area contributed by atoms with Gasteiger partial charge in [0.25, 0.3) is 27.6 Å². The van der Waals surface area contributed by atoms with Gasteiger partial charge in [0.15, 0.2) is 6.61 Å². The van der Waals surface area contributed by atoms with Gasteiger partial charge in [-0.2, -0.15) is 0 Å². The van der Waals surface area contributed by atoms with Crippen LogP contribution in [0.25, 0.3) is 10.9 Å². The van der Waals surface area contributed by atoms with Crippen molar-refractivity contribution in [1.82, 2.24) is 14.6 Å². The van der Waals surface area contributed by atoms with Crippen molar-refractivity contribution in [3.8, 4) is 5.75 Å². The molecule has 0 aliphatic rings. The predicted molar refractivity (Wildman–Crippen MR) is 176 cm³/mol. The second kappa shape index (κ2) is 14.5. The molecule has 4 aromatic rings. The van der Waals surface area contributed by atoms with E-state index in [9.17, 15) is 27.6 Å². The Morgan fingerprint density at radius 2 is 1.57 bits per heavy atom. The van der Waals surface area contributed by atoms with Gasteiger partial charge in [-0.15, -0.1) is 0 Å². The van der Waals surface area contributed by atoms with Crippen LogP contribution < -0.4 is 20.5 Å². The zero-order valence-corrected chi connectivity index (χ0v) is 27.5. The third kappa shape index (κ3) is 8.76. The third-order valence-electron chi connectivity index (χ3n) is 7.05. The summed E-state index contributed by atoms with van der Waals surface area (Å²) in [6.45, 7) is 7.11. The van der Waals surface area contributed by atoms with Gasteiger partial charge in [-0.3, -0.25) is 14.4 Å². The maximum absolute atomic E-state index is 13.1. The lowest BCUT2D eigenvalue weighted by molar-refractivity contribution is -0.121. The molecule has 0 saturated heterocycles. The van der Waals surface area contributed by atoms with Crippen LogP contribution in [0.5, 0.6) is 5.75 Å². The number of nitrogens with one attached hydrogen (secondary N) is 2. The Hall–Kier alpha value is -5.17. The minimum absolute atomic E-state index is 0.0796.